The van der Waals surface area contributed by atoms with Gasteiger partial charge in [-0.25, -0.2) is 9.97 Å². The Morgan fingerprint density at radius 2 is 1.94 bits per heavy atom. The van der Waals surface area contributed by atoms with Crippen LogP contribution in [0.3, 0.4) is 0 Å². The van der Waals surface area contributed by atoms with Gasteiger partial charge in [-0.2, -0.15) is 0 Å². The van der Waals surface area contributed by atoms with Gasteiger partial charge in [0.05, 0.1) is 18.3 Å². The molecule has 0 N–H and O–H groups in total. The molecule has 0 saturated carbocycles. The summed E-state index contributed by atoms with van der Waals surface area (Å²) in [6, 6.07) is 7.59. The summed E-state index contributed by atoms with van der Waals surface area (Å²) in [4.78, 5) is 28.6. The molecule has 0 bridgehead atoms. The van der Waals surface area contributed by atoms with Crippen LogP contribution in [0.25, 0.3) is 11.1 Å². The van der Waals surface area contributed by atoms with Gasteiger partial charge in [-0.05, 0) is 75.4 Å². The predicted octanol–water partition coefficient (Wildman–Crippen LogP) is 4.61. The molecule has 172 valence electrons. The van der Waals surface area contributed by atoms with Gasteiger partial charge in [-0.1, -0.05) is 6.07 Å². The van der Waals surface area contributed by atoms with Gasteiger partial charge in [0.1, 0.15) is 5.82 Å². The molecule has 2 aromatic heterocycles. The standard InChI is InChI=1S/C26H30N4O3/c1-5-32-24-13-17(2)8-9-23(24)33-16-25(31)30-12-6-7-22(30)26-21(15-28-19(4)29-26)20-10-11-27-14-18(20)3/h8-11,13-15,22H,5-7,12,16H2,1-4H3. The van der Waals surface area contributed by atoms with Crippen molar-refractivity contribution in [3.05, 3.63) is 65.5 Å². The summed E-state index contributed by atoms with van der Waals surface area (Å²) in [5, 5.41) is 0. The van der Waals surface area contributed by atoms with Crippen molar-refractivity contribution in [3.63, 3.8) is 0 Å². The number of ether oxygens (including phenoxy) is 2. The van der Waals surface area contributed by atoms with E-state index in [-0.39, 0.29) is 18.6 Å². The fourth-order valence-electron chi connectivity index (χ4n) is 4.30. The minimum absolute atomic E-state index is 0.0483. The zero-order valence-corrected chi connectivity index (χ0v) is 19.7. The minimum atomic E-state index is -0.116. The molecule has 1 aromatic carbocycles. The first-order valence-corrected chi connectivity index (χ1v) is 11.4. The Bertz CT molecular complexity index is 1150. The number of carbonyl (C=O) groups is 1. The van der Waals surface area contributed by atoms with Crippen molar-refractivity contribution in [1.82, 2.24) is 19.9 Å². The lowest BCUT2D eigenvalue weighted by Gasteiger charge is -2.26. The highest BCUT2D eigenvalue weighted by Crippen LogP contribution is 2.37. The number of benzene rings is 1. The largest absolute Gasteiger partial charge is 0.490 e. The molecule has 3 heterocycles. The number of hydrogen-bond donors (Lipinski definition) is 0. The third-order valence-corrected chi connectivity index (χ3v) is 5.89. The van der Waals surface area contributed by atoms with Crippen molar-refractivity contribution in [3.8, 4) is 22.6 Å². The van der Waals surface area contributed by atoms with E-state index in [2.05, 4.69) is 9.97 Å². The SMILES string of the molecule is CCOc1cc(C)ccc1OCC(=O)N1CCCC1c1nc(C)ncc1-c1ccncc1C. The summed E-state index contributed by atoms with van der Waals surface area (Å²) in [5.41, 5.74) is 5.00. The number of nitrogens with zero attached hydrogens (tertiary/aromatic N) is 4. The number of aryl methyl sites for hydroxylation is 3. The molecule has 1 amide bonds. The molecular weight excluding hydrogens is 416 g/mol. The first-order valence-electron chi connectivity index (χ1n) is 11.4. The number of hydrogen-bond acceptors (Lipinski definition) is 6. The van der Waals surface area contributed by atoms with Crippen LogP contribution in [0.15, 0.2) is 42.9 Å². The molecule has 1 fully saturated rings. The van der Waals surface area contributed by atoms with Gasteiger partial charge in [-0.15, -0.1) is 0 Å². The molecular formula is C26H30N4O3. The second kappa shape index (κ2) is 9.98. The number of rotatable bonds is 7. The zero-order valence-electron chi connectivity index (χ0n) is 19.7. The number of aromatic nitrogens is 3. The Balaban J connectivity index is 1.57. The molecule has 0 spiro atoms. The fourth-order valence-corrected chi connectivity index (χ4v) is 4.30. The van der Waals surface area contributed by atoms with E-state index < -0.39 is 0 Å². The van der Waals surface area contributed by atoms with Crippen LogP contribution in [0.4, 0.5) is 0 Å². The third-order valence-electron chi connectivity index (χ3n) is 5.89. The van der Waals surface area contributed by atoms with Crippen LogP contribution >= 0.6 is 0 Å². The Hall–Kier alpha value is -3.48. The molecule has 7 heteroatoms. The summed E-state index contributed by atoms with van der Waals surface area (Å²) in [6.45, 7) is 8.99. The van der Waals surface area contributed by atoms with Gasteiger partial charge >= 0.3 is 0 Å². The highest BCUT2D eigenvalue weighted by Gasteiger charge is 2.33. The summed E-state index contributed by atoms with van der Waals surface area (Å²) in [7, 11) is 0. The van der Waals surface area contributed by atoms with Gasteiger partial charge in [0, 0.05) is 30.7 Å². The number of carbonyl (C=O) groups excluding carboxylic acids is 1. The number of amides is 1. The van der Waals surface area contributed by atoms with Crippen LogP contribution in [0, 0.1) is 20.8 Å². The van der Waals surface area contributed by atoms with Gasteiger partial charge in [0.25, 0.3) is 5.91 Å². The van der Waals surface area contributed by atoms with Crippen molar-refractivity contribution < 1.29 is 14.3 Å². The lowest BCUT2D eigenvalue weighted by Crippen LogP contribution is -2.35. The summed E-state index contributed by atoms with van der Waals surface area (Å²) >= 11 is 0. The Kier molecular flexibility index (Phi) is 6.87. The number of likely N-dealkylation sites (tertiary alicyclic amines) is 1. The van der Waals surface area contributed by atoms with E-state index in [0.717, 1.165) is 40.8 Å². The van der Waals surface area contributed by atoms with Crippen molar-refractivity contribution in [2.45, 2.75) is 46.6 Å². The van der Waals surface area contributed by atoms with Crippen LogP contribution in [0.5, 0.6) is 11.5 Å². The van der Waals surface area contributed by atoms with Gasteiger partial charge in [-0.3, -0.25) is 9.78 Å². The van der Waals surface area contributed by atoms with Crippen molar-refractivity contribution in [1.29, 1.82) is 0 Å². The maximum Gasteiger partial charge on any atom is 0.261 e. The first-order chi connectivity index (χ1) is 16.0. The third kappa shape index (κ3) is 4.97. The Morgan fingerprint density at radius 1 is 1.09 bits per heavy atom. The Labute approximate surface area is 194 Å². The van der Waals surface area contributed by atoms with Crippen LogP contribution in [0.1, 0.15) is 48.5 Å². The van der Waals surface area contributed by atoms with E-state index in [4.69, 9.17) is 14.5 Å². The molecule has 1 saturated heterocycles. The van der Waals surface area contributed by atoms with Crippen LogP contribution in [-0.2, 0) is 4.79 Å². The smallest absolute Gasteiger partial charge is 0.261 e. The summed E-state index contributed by atoms with van der Waals surface area (Å²) in [5.74, 6) is 1.87. The van der Waals surface area contributed by atoms with Crippen LogP contribution in [-0.4, -0.2) is 45.5 Å². The molecule has 1 atom stereocenters. The minimum Gasteiger partial charge on any atom is -0.490 e. The lowest BCUT2D eigenvalue weighted by molar-refractivity contribution is -0.134. The quantitative estimate of drug-likeness (QED) is 0.528. The number of pyridine rings is 1. The maximum atomic E-state index is 13.2. The van der Waals surface area contributed by atoms with E-state index in [1.54, 1.807) is 6.20 Å². The van der Waals surface area contributed by atoms with E-state index in [1.807, 2.05) is 69.3 Å². The average Bonchev–Trinajstić information content (AvgIpc) is 3.29. The second-order valence-corrected chi connectivity index (χ2v) is 8.32. The molecule has 7 nitrogen and oxygen atoms in total. The van der Waals surface area contributed by atoms with E-state index >= 15 is 0 Å². The second-order valence-electron chi connectivity index (χ2n) is 8.32. The van der Waals surface area contributed by atoms with Gasteiger partial charge in [0.15, 0.2) is 18.1 Å². The molecule has 0 aliphatic carbocycles. The molecule has 3 aromatic rings. The normalized spacial score (nSPS) is 15.5. The Morgan fingerprint density at radius 3 is 2.73 bits per heavy atom. The van der Waals surface area contributed by atoms with Gasteiger partial charge < -0.3 is 14.4 Å². The summed E-state index contributed by atoms with van der Waals surface area (Å²) < 4.78 is 11.6. The predicted molar refractivity (Wildman–Crippen MR) is 126 cm³/mol. The molecule has 33 heavy (non-hydrogen) atoms. The van der Waals surface area contributed by atoms with Crippen LogP contribution < -0.4 is 9.47 Å². The van der Waals surface area contributed by atoms with Crippen LogP contribution in [0.2, 0.25) is 0 Å². The molecule has 1 unspecified atom stereocenters. The topological polar surface area (TPSA) is 77.4 Å². The maximum absolute atomic E-state index is 13.2. The monoisotopic (exact) mass is 446 g/mol. The lowest BCUT2D eigenvalue weighted by atomic mass is 9.97. The van der Waals surface area contributed by atoms with Crippen molar-refractivity contribution in [2.24, 2.45) is 0 Å². The summed E-state index contributed by atoms with van der Waals surface area (Å²) in [6.07, 6.45) is 7.24. The van der Waals surface area contributed by atoms with E-state index in [1.165, 1.54) is 0 Å². The first kappa shape index (κ1) is 22.7. The highest BCUT2D eigenvalue weighted by atomic mass is 16.5. The zero-order chi connectivity index (χ0) is 23.4. The molecule has 1 aliphatic rings. The van der Waals surface area contributed by atoms with E-state index in [0.29, 0.717) is 30.5 Å². The fraction of sp³-hybridized carbons (Fsp3) is 0.385. The molecule has 1 aliphatic heterocycles. The molecule has 0 radical (unpaired) electrons. The highest BCUT2D eigenvalue weighted by molar-refractivity contribution is 5.79. The van der Waals surface area contributed by atoms with Crippen molar-refractivity contribution in [2.75, 3.05) is 19.8 Å². The van der Waals surface area contributed by atoms with E-state index in [9.17, 15) is 4.79 Å². The average molecular weight is 447 g/mol. The van der Waals surface area contributed by atoms with Gasteiger partial charge in [0.2, 0.25) is 0 Å². The molecule has 4 rings (SSSR count). The van der Waals surface area contributed by atoms with Crippen molar-refractivity contribution >= 4 is 5.91 Å².